The number of ether oxygens (including phenoxy) is 1. The summed E-state index contributed by atoms with van der Waals surface area (Å²) >= 11 is 0. The maximum atomic E-state index is 8.83. The zero-order valence-electron chi connectivity index (χ0n) is 9.89. The van der Waals surface area contributed by atoms with Crippen LogP contribution in [0.4, 0.5) is 5.82 Å². The van der Waals surface area contributed by atoms with Crippen molar-refractivity contribution in [1.29, 1.82) is 5.26 Å². The van der Waals surface area contributed by atoms with Crippen LogP contribution in [-0.4, -0.2) is 44.4 Å². The van der Waals surface area contributed by atoms with Gasteiger partial charge in [0.15, 0.2) is 0 Å². The zero-order chi connectivity index (χ0) is 12.1. The average Bonchev–Trinajstić information content (AvgIpc) is 2.40. The Morgan fingerprint density at radius 2 is 2.53 bits per heavy atom. The van der Waals surface area contributed by atoms with Crippen molar-refractivity contribution >= 4 is 5.82 Å². The Hall–Kier alpha value is -1.64. The van der Waals surface area contributed by atoms with Gasteiger partial charge < -0.3 is 15.0 Å². The molecular weight excluding hydrogens is 216 g/mol. The quantitative estimate of drug-likeness (QED) is 0.816. The Labute approximate surface area is 101 Å². The molecule has 1 aliphatic heterocycles. The molecule has 0 radical (unpaired) electrons. The third kappa shape index (κ3) is 2.93. The Morgan fingerprint density at radius 3 is 3.29 bits per heavy atom. The average molecular weight is 232 g/mol. The number of morpholine rings is 1. The molecule has 1 unspecified atom stereocenters. The molecule has 0 aliphatic carbocycles. The molecule has 0 bridgehead atoms. The molecule has 2 heterocycles. The highest BCUT2D eigenvalue weighted by atomic mass is 16.5. The van der Waals surface area contributed by atoms with Crippen LogP contribution in [0, 0.1) is 11.3 Å². The second-order valence-electron chi connectivity index (χ2n) is 3.99. The first kappa shape index (κ1) is 11.8. The fourth-order valence-corrected chi connectivity index (χ4v) is 1.94. The van der Waals surface area contributed by atoms with Crippen LogP contribution in [-0.2, 0) is 4.74 Å². The molecule has 0 aromatic carbocycles. The van der Waals surface area contributed by atoms with Crippen LogP contribution in [0.15, 0.2) is 18.2 Å². The number of nitrogens with one attached hydrogen (secondary N) is 1. The van der Waals surface area contributed by atoms with E-state index in [0.29, 0.717) is 12.3 Å². The van der Waals surface area contributed by atoms with Crippen LogP contribution in [0.1, 0.15) is 5.69 Å². The van der Waals surface area contributed by atoms with Gasteiger partial charge in [-0.15, -0.1) is 0 Å². The number of rotatable bonds is 3. The number of nitriles is 1. The molecular formula is C12H16N4O. The highest BCUT2D eigenvalue weighted by Gasteiger charge is 2.20. The predicted octanol–water partition coefficient (Wildman–Crippen LogP) is 0.378. The Bertz CT molecular complexity index is 413. The summed E-state index contributed by atoms with van der Waals surface area (Å²) in [6, 6.07) is 7.58. The van der Waals surface area contributed by atoms with E-state index in [0.717, 1.165) is 25.5 Å². The minimum Gasteiger partial charge on any atom is -0.373 e. The molecule has 1 atom stereocenters. The molecule has 1 aromatic heterocycles. The monoisotopic (exact) mass is 232 g/mol. The lowest BCUT2D eigenvalue weighted by Crippen LogP contribution is -2.46. The van der Waals surface area contributed by atoms with E-state index in [1.165, 1.54) is 0 Å². The van der Waals surface area contributed by atoms with Crippen LogP contribution < -0.4 is 10.2 Å². The summed E-state index contributed by atoms with van der Waals surface area (Å²) < 4.78 is 5.63. The Balaban J connectivity index is 2.08. The fraction of sp³-hybridized carbons (Fsp3) is 0.500. The second-order valence-corrected chi connectivity index (χ2v) is 3.99. The number of likely N-dealkylation sites (N-methyl/N-ethyl adjacent to an activating group) is 1. The summed E-state index contributed by atoms with van der Waals surface area (Å²) in [4.78, 5) is 6.46. The SMILES string of the molecule is CNCC1CN(c2cccc(C#N)n2)CCO1. The fourth-order valence-electron chi connectivity index (χ4n) is 1.94. The standard InChI is InChI=1S/C12H16N4O/c1-14-8-11-9-16(5-6-17-11)12-4-2-3-10(7-13)15-12/h2-4,11,14H,5-6,8-9H2,1H3. The van der Waals surface area contributed by atoms with Crippen LogP contribution in [0.25, 0.3) is 0 Å². The molecule has 5 heteroatoms. The van der Waals surface area contributed by atoms with Gasteiger partial charge in [-0.1, -0.05) is 6.07 Å². The van der Waals surface area contributed by atoms with Crippen molar-refractivity contribution in [3.8, 4) is 6.07 Å². The van der Waals surface area contributed by atoms with E-state index in [1.54, 1.807) is 6.07 Å². The lowest BCUT2D eigenvalue weighted by molar-refractivity contribution is 0.0419. The van der Waals surface area contributed by atoms with Crippen LogP contribution in [0.3, 0.4) is 0 Å². The maximum Gasteiger partial charge on any atom is 0.142 e. The van der Waals surface area contributed by atoms with Crippen molar-refractivity contribution < 1.29 is 4.74 Å². The second kappa shape index (κ2) is 5.62. The van der Waals surface area contributed by atoms with E-state index in [1.807, 2.05) is 19.2 Å². The smallest absolute Gasteiger partial charge is 0.142 e. The third-order valence-corrected chi connectivity index (χ3v) is 2.74. The van der Waals surface area contributed by atoms with Crippen molar-refractivity contribution in [2.75, 3.05) is 38.2 Å². The molecule has 0 amide bonds. The first-order chi connectivity index (χ1) is 8.33. The van der Waals surface area contributed by atoms with Crippen LogP contribution in [0.5, 0.6) is 0 Å². The Kier molecular flexibility index (Phi) is 3.91. The van der Waals surface area contributed by atoms with Crippen molar-refractivity contribution in [3.63, 3.8) is 0 Å². The van der Waals surface area contributed by atoms with Gasteiger partial charge in [-0.25, -0.2) is 4.98 Å². The molecule has 2 rings (SSSR count). The third-order valence-electron chi connectivity index (χ3n) is 2.74. The van der Waals surface area contributed by atoms with E-state index in [2.05, 4.69) is 21.3 Å². The number of hydrogen-bond donors (Lipinski definition) is 1. The van der Waals surface area contributed by atoms with Gasteiger partial charge >= 0.3 is 0 Å². The lowest BCUT2D eigenvalue weighted by atomic mass is 10.2. The summed E-state index contributed by atoms with van der Waals surface area (Å²) in [6.07, 6.45) is 0.182. The van der Waals surface area contributed by atoms with Crippen molar-refractivity contribution in [2.45, 2.75) is 6.10 Å². The van der Waals surface area contributed by atoms with E-state index in [-0.39, 0.29) is 6.10 Å². The van der Waals surface area contributed by atoms with Gasteiger partial charge in [-0.05, 0) is 19.2 Å². The maximum absolute atomic E-state index is 8.83. The van der Waals surface area contributed by atoms with Gasteiger partial charge in [0.25, 0.3) is 0 Å². The highest BCUT2D eigenvalue weighted by molar-refractivity contribution is 5.42. The van der Waals surface area contributed by atoms with Gasteiger partial charge in [0, 0.05) is 19.6 Å². The zero-order valence-corrected chi connectivity index (χ0v) is 9.89. The number of pyridine rings is 1. The summed E-state index contributed by atoms with van der Waals surface area (Å²) in [6.45, 7) is 3.16. The summed E-state index contributed by atoms with van der Waals surface area (Å²) in [5.41, 5.74) is 0.458. The number of nitrogens with zero attached hydrogens (tertiary/aromatic N) is 3. The molecule has 1 aromatic rings. The van der Waals surface area contributed by atoms with E-state index >= 15 is 0 Å². The Morgan fingerprint density at radius 1 is 1.65 bits per heavy atom. The number of aromatic nitrogens is 1. The van der Waals surface area contributed by atoms with Crippen LogP contribution >= 0.6 is 0 Å². The first-order valence-corrected chi connectivity index (χ1v) is 5.72. The van der Waals surface area contributed by atoms with Gasteiger partial charge in [-0.3, -0.25) is 0 Å². The molecule has 90 valence electrons. The minimum absolute atomic E-state index is 0.182. The number of anilines is 1. The highest BCUT2D eigenvalue weighted by Crippen LogP contribution is 2.15. The van der Waals surface area contributed by atoms with E-state index < -0.39 is 0 Å². The van der Waals surface area contributed by atoms with Gasteiger partial charge in [-0.2, -0.15) is 5.26 Å². The van der Waals surface area contributed by atoms with Gasteiger partial charge in [0.05, 0.1) is 12.7 Å². The molecule has 5 nitrogen and oxygen atoms in total. The molecule has 1 saturated heterocycles. The van der Waals surface area contributed by atoms with Crippen molar-refractivity contribution in [2.24, 2.45) is 0 Å². The summed E-state index contributed by atoms with van der Waals surface area (Å²) in [5, 5.41) is 11.9. The van der Waals surface area contributed by atoms with Crippen LogP contribution in [0.2, 0.25) is 0 Å². The molecule has 1 fully saturated rings. The minimum atomic E-state index is 0.182. The molecule has 1 N–H and O–H groups in total. The van der Waals surface area contributed by atoms with Crippen molar-refractivity contribution in [3.05, 3.63) is 23.9 Å². The topological polar surface area (TPSA) is 61.2 Å². The van der Waals surface area contributed by atoms with Gasteiger partial charge in [0.2, 0.25) is 0 Å². The molecule has 17 heavy (non-hydrogen) atoms. The van der Waals surface area contributed by atoms with E-state index in [9.17, 15) is 0 Å². The normalized spacial score (nSPS) is 20.0. The summed E-state index contributed by atoms with van der Waals surface area (Å²) in [7, 11) is 1.91. The number of hydrogen-bond acceptors (Lipinski definition) is 5. The molecule has 1 aliphatic rings. The molecule has 0 spiro atoms. The molecule has 0 saturated carbocycles. The largest absolute Gasteiger partial charge is 0.373 e. The lowest BCUT2D eigenvalue weighted by Gasteiger charge is -2.33. The van der Waals surface area contributed by atoms with Crippen molar-refractivity contribution in [1.82, 2.24) is 10.3 Å². The predicted molar refractivity (Wildman–Crippen MR) is 64.8 cm³/mol. The summed E-state index contributed by atoms with van der Waals surface area (Å²) in [5.74, 6) is 0.855. The first-order valence-electron chi connectivity index (χ1n) is 5.72. The van der Waals surface area contributed by atoms with E-state index in [4.69, 9.17) is 10.00 Å². The van der Waals surface area contributed by atoms with Gasteiger partial charge in [0.1, 0.15) is 17.6 Å².